The third kappa shape index (κ3) is 2.87. The van der Waals surface area contributed by atoms with Gasteiger partial charge in [0.25, 0.3) is 11.6 Å². The fourth-order valence-corrected chi connectivity index (χ4v) is 2.00. The Balaban J connectivity index is 2.33. The number of non-ortho nitro benzene ring substituents is 1. The summed E-state index contributed by atoms with van der Waals surface area (Å²) in [5.41, 5.74) is 0.746. The lowest BCUT2D eigenvalue weighted by atomic mass is 10.0. The third-order valence-corrected chi connectivity index (χ3v) is 2.82. The molecule has 0 saturated heterocycles. The largest absolute Gasteiger partial charge is 0.460 e. The van der Waals surface area contributed by atoms with Crippen molar-refractivity contribution < 1.29 is 19.2 Å². The summed E-state index contributed by atoms with van der Waals surface area (Å²) in [5.74, 6) is -0.821. The van der Waals surface area contributed by atoms with Crippen molar-refractivity contribution in [3.05, 3.63) is 39.4 Å². The molecule has 7 heteroatoms. The Hall–Kier alpha value is -2.44. The number of hydrogen-bond acceptors (Lipinski definition) is 5. The maximum Gasteiger partial charge on any atom is 0.302 e. The zero-order chi connectivity index (χ0) is 14.0. The first kappa shape index (κ1) is 13.0. The lowest BCUT2D eigenvalue weighted by Gasteiger charge is -2.14. The number of amides is 1. The predicted molar refractivity (Wildman–Crippen MR) is 64.7 cm³/mol. The minimum atomic E-state index is -0.554. The number of rotatable bonds is 2. The van der Waals surface area contributed by atoms with Gasteiger partial charge in [0.1, 0.15) is 6.10 Å². The molecule has 0 fully saturated rings. The Morgan fingerprint density at radius 1 is 1.53 bits per heavy atom. The fourth-order valence-electron chi connectivity index (χ4n) is 2.00. The zero-order valence-electron chi connectivity index (χ0n) is 10.2. The van der Waals surface area contributed by atoms with Crippen LogP contribution in [0.5, 0.6) is 0 Å². The van der Waals surface area contributed by atoms with E-state index in [0.29, 0.717) is 12.0 Å². The molecule has 1 unspecified atom stereocenters. The van der Waals surface area contributed by atoms with E-state index in [0.717, 1.165) is 0 Å². The normalized spacial score (nSPS) is 17.9. The van der Waals surface area contributed by atoms with Crippen molar-refractivity contribution in [1.82, 2.24) is 5.32 Å². The van der Waals surface area contributed by atoms with E-state index in [9.17, 15) is 19.7 Å². The topological polar surface area (TPSA) is 98.5 Å². The van der Waals surface area contributed by atoms with Crippen LogP contribution in [0.25, 0.3) is 0 Å². The van der Waals surface area contributed by atoms with Crippen LogP contribution in [-0.4, -0.2) is 29.4 Å². The first-order valence-corrected chi connectivity index (χ1v) is 5.70. The van der Waals surface area contributed by atoms with E-state index in [-0.39, 0.29) is 17.8 Å². The van der Waals surface area contributed by atoms with Crippen LogP contribution in [0.15, 0.2) is 18.2 Å². The number of fused-ring (bicyclic) bond motifs is 1. The summed E-state index contributed by atoms with van der Waals surface area (Å²) in [6.45, 7) is 1.49. The summed E-state index contributed by atoms with van der Waals surface area (Å²) < 4.78 is 5.07. The van der Waals surface area contributed by atoms with Crippen molar-refractivity contribution in [3.63, 3.8) is 0 Å². The van der Waals surface area contributed by atoms with E-state index in [4.69, 9.17) is 4.74 Å². The molecule has 0 radical (unpaired) electrons. The quantitative estimate of drug-likeness (QED) is 0.484. The van der Waals surface area contributed by atoms with E-state index in [1.807, 2.05) is 0 Å². The molecule has 1 amide bonds. The average molecular weight is 264 g/mol. The van der Waals surface area contributed by atoms with Gasteiger partial charge in [-0.3, -0.25) is 19.7 Å². The summed E-state index contributed by atoms with van der Waals surface area (Å²) in [5, 5.41) is 13.3. The number of benzene rings is 1. The molecule has 1 aromatic rings. The monoisotopic (exact) mass is 264 g/mol. The fraction of sp³-hybridized carbons (Fsp3) is 0.333. The van der Waals surface area contributed by atoms with Crippen LogP contribution in [0.3, 0.4) is 0 Å². The minimum Gasteiger partial charge on any atom is -0.460 e. The first-order valence-electron chi connectivity index (χ1n) is 5.70. The van der Waals surface area contributed by atoms with Crippen molar-refractivity contribution >= 4 is 17.6 Å². The second-order valence-corrected chi connectivity index (χ2v) is 4.24. The number of carbonyl (C=O) groups excluding carboxylic acids is 2. The van der Waals surface area contributed by atoms with Gasteiger partial charge in [0.2, 0.25) is 0 Å². The zero-order valence-corrected chi connectivity index (χ0v) is 10.2. The second-order valence-electron chi connectivity index (χ2n) is 4.24. The van der Waals surface area contributed by atoms with Gasteiger partial charge in [-0.25, -0.2) is 0 Å². The Bertz CT molecular complexity index is 555. The number of carbonyl (C=O) groups is 2. The van der Waals surface area contributed by atoms with Crippen LogP contribution < -0.4 is 5.32 Å². The van der Waals surface area contributed by atoms with Crippen LogP contribution in [0.2, 0.25) is 0 Å². The molecular formula is C12H12N2O5. The average Bonchev–Trinajstić information content (AvgIpc) is 2.48. The summed E-state index contributed by atoms with van der Waals surface area (Å²) in [4.78, 5) is 32.9. The van der Waals surface area contributed by atoms with E-state index < -0.39 is 22.9 Å². The van der Waals surface area contributed by atoms with Crippen molar-refractivity contribution in [2.24, 2.45) is 0 Å². The molecule has 0 aromatic heterocycles. The predicted octanol–water partition coefficient (Wildman–Crippen LogP) is 0.812. The highest BCUT2D eigenvalue weighted by molar-refractivity contribution is 5.96. The van der Waals surface area contributed by atoms with E-state index in [1.165, 1.54) is 25.1 Å². The molecule has 2 rings (SSSR count). The minimum absolute atomic E-state index is 0.139. The van der Waals surface area contributed by atoms with Crippen molar-refractivity contribution in [3.8, 4) is 0 Å². The van der Waals surface area contributed by atoms with Gasteiger partial charge in [-0.05, 0) is 5.56 Å². The molecule has 7 nitrogen and oxygen atoms in total. The molecule has 1 aromatic carbocycles. The number of nitro groups is 1. The molecule has 1 N–H and O–H groups in total. The highest BCUT2D eigenvalue weighted by Gasteiger charge is 2.25. The van der Waals surface area contributed by atoms with Crippen molar-refractivity contribution in [2.45, 2.75) is 19.4 Å². The van der Waals surface area contributed by atoms with Gasteiger partial charge in [0, 0.05) is 31.0 Å². The first-order chi connectivity index (χ1) is 8.97. The molecule has 100 valence electrons. The van der Waals surface area contributed by atoms with Gasteiger partial charge < -0.3 is 10.1 Å². The van der Waals surface area contributed by atoms with Crippen LogP contribution in [0, 0.1) is 10.1 Å². The maximum atomic E-state index is 11.8. The molecule has 1 heterocycles. The molecule has 0 bridgehead atoms. The summed E-state index contributed by atoms with van der Waals surface area (Å²) in [6, 6.07) is 4.10. The van der Waals surface area contributed by atoms with Crippen LogP contribution in [0.1, 0.15) is 22.8 Å². The summed E-state index contributed by atoms with van der Waals surface area (Å²) in [7, 11) is 0. The molecule has 0 aliphatic carbocycles. The Morgan fingerprint density at radius 3 is 2.89 bits per heavy atom. The molecule has 1 atom stereocenters. The van der Waals surface area contributed by atoms with Crippen LogP contribution >= 0.6 is 0 Å². The number of nitro benzene ring substituents is 1. The van der Waals surface area contributed by atoms with Gasteiger partial charge >= 0.3 is 5.97 Å². The number of hydrogen-bond donors (Lipinski definition) is 1. The second kappa shape index (κ2) is 5.05. The smallest absolute Gasteiger partial charge is 0.302 e. The molecule has 1 aliphatic rings. The number of nitrogens with one attached hydrogen (secondary N) is 1. The van der Waals surface area contributed by atoms with E-state index >= 15 is 0 Å². The van der Waals surface area contributed by atoms with Crippen LogP contribution in [-0.2, 0) is 16.0 Å². The van der Waals surface area contributed by atoms with Gasteiger partial charge in [-0.15, -0.1) is 0 Å². The highest BCUT2D eigenvalue weighted by atomic mass is 16.6. The lowest BCUT2D eigenvalue weighted by molar-refractivity contribution is -0.384. The Kier molecular flexibility index (Phi) is 3.46. The molecular weight excluding hydrogens is 252 g/mol. The highest BCUT2D eigenvalue weighted by Crippen LogP contribution is 2.21. The van der Waals surface area contributed by atoms with Crippen molar-refractivity contribution in [1.29, 1.82) is 0 Å². The standard InChI is InChI=1S/C12H12N2O5/c1-7(15)19-10-4-8-2-3-9(14(17)18)5-11(8)12(16)13-6-10/h2-3,5,10H,4,6H2,1H3,(H,13,16). The van der Waals surface area contributed by atoms with Crippen LogP contribution in [0.4, 0.5) is 5.69 Å². The lowest BCUT2D eigenvalue weighted by Crippen LogP contribution is -2.32. The van der Waals surface area contributed by atoms with Crippen molar-refractivity contribution in [2.75, 3.05) is 6.54 Å². The summed E-state index contributed by atoms with van der Waals surface area (Å²) in [6.07, 6.45) is -0.102. The molecule has 1 aliphatic heterocycles. The van der Waals surface area contributed by atoms with Gasteiger partial charge in [0.15, 0.2) is 0 Å². The molecule has 19 heavy (non-hydrogen) atoms. The summed E-state index contributed by atoms with van der Waals surface area (Å²) >= 11 is 0. The SMILES string of the molecule is CC(=O)OC1CNC(=O)c2cc([N+](=O)[O-])ccc2C1. The molecule has 0 spiro atoms. The van der Waals surface area contributed by atoms with Gasteiger partial charge in [-0.2, -0.15) is 0 Å². The van der Waals surface area contributed by atoms with E-state index in [1.54, 1.807) is 0 Å². The Morgan fingerprint density at radius 2 is 2.26 bits per heavy atom. The maximum absolute atomic E-state index is 11.8. The number of nitrogens with zero attached hydrogens (tertiary/aromatic N) is 1. The third-order valence-electron chi connectivity index (χ3n) is 2.82. The van der Waals surface area contributed by atoms with E-state index in [2.05, 4.69) is 5.32 Å². The number of ether oxygens (including phenoxy) is 1. The molecule has 0 saturated carbocycles. The van der Waals surface area contributed by atoms with Gasteiger partial charge in [-0.1, -0.05) is 6.07 Å². The number of esters is 1. The van der Waals surface area contributed by atoms with Gasteiger partial charge in [0.05, 0.1) is 11.5 Å². The Labute approximate surface area is 108 Å².